The van der Waals surface area contributed by atoms with Crippen LogP contribution in [0.1, 0.15) is 54.8 Å². The molecule has 1 saturated carbocycles. The van der Waals surface area contributed by atoms with Crippen LogP contribution in [0.15, 0.2) is 18.2 Å². The summed E-state index contributed by atoms with van der Waals surface area (Å²) in [6.07, 6.45) is 6.96. The Morgan fingerprint density at radius 1 is 1.00 bits per heavy atom. The minimum Gasteiger partial charge on any atom is -0.358 e. The number of aromatic amines is 1. The van der Waals surface area contributed by atoms with Gasteiger partial charge < -0.3 is 4.98 Å². The molecule has 17 heavy (non-hydrogen) atoms. The summed E-state index contributed by atoms with van der Waals surface area (Å²) in [6.45, 7) is 4.41. The van der Waals surface area contributed by atoms with Crippen molar-refractivity contribution in [2.75, 3.05) is 0 Å². The molecule has 1 aliphatic carbocycles. The van der Waals surface area contributed by atoms with Crippen molar-refractivity contribution >= 4 is 10.9 Å². The number of hydrogen-bond acceptors (Lipinski definition) is 0. The smallest absolute Gasteiger partial charge is 0.0488 e. The highest BCUT2D eigenvalue weighted by atomic mass is 14.7. The van der Waals surface area contributed by atoms with Crippen molar-refractivity contribution in [3.05, 3.63) is 35.0 Å². The zero-order chi connectivity index (χ0) is 11.8. The summed E-state index contributed by atoms with van der Waals surface area (Å²) in [5, 5.41) is 1.42. The zero-order valence-electron chi connectivity index (χ0n) is 10.8. The number of aryl methyl sites for hydroxylation is 2. The van der Waals surface area contributed by atoms with Crippen LogP contribution in [0.3, 0.4) is 0 Å². The Balaban J connectivity index is 2.06. The Bertz CT molecular complexity index is 491. The first kappa shape index (κ1) is 10.9. The molecule has 1 nitrogen and oxygen atoms in total. The number of rotatable bonds is 1. The lowest BCUT2D eigenvalue weighted by Gasteiger charge is -2.20. The number of H-pyrrole nitrogens is 1. The Morgan fingerprint density at radius 3 is 2.41 bits per heavy atom. The van der Waals surface area contributed by atoms with Crippen LogP contribution < -0.4 is 0 Å². The summed E-state index contributed by atoms with van der Waals surface area (Å²) < 4.78 is 0. The van der Waals surface area contributed by atoms with E-state index in [1.807, 2.05) is 0 Å². The van der Waals surface area contributed by atoms with Crippen LogP contribution in [0.25, 0.3) is 10.9 Å². The maximum absolute atomic E-state index is 3.67. The Morgan fingerprint density at radius 2 is 1.71 bits per heavy atom. The van der Waals surface area contributed by atoms with Gasteiger partial charge in [0.05, 0.1) is 0 Å². The number of nitrogens with one attached hydrogen (secondary N) is 1. The first-order valence-electron chi connectivity index (χ1n) is 6.84. The molecule has 1 N–H and O–H groups in total. The van der Waals surface area contributed by atoms with E-state index in [0.717, 1.165) is 5.92 Å². The summed E-state index contributed by atoms with van der Waals surface area (Å²) in [4.78, 5) is 3.67. The quantitative estimate of drug-likeness (QED) is 0.718. The molecule has 0 spiro atoms. The molecular weight excluding hydrogens is 206 g/mol. The van der Waals surface area contributed by atoms with Gasteiger partial charge in [-0.3, -0.25) is 0 Å². The molecule has 1 aromatic heterocycles. The average Bonchev–Trinajstić information content (AvgIpc) is 2.81. The summed E-state index contributed by atoms with van der Waals surface area (Å²) in [5.41, 5.74) is 5.58. The van der Waals surface area contributed by atoms with Crippen molar-refractivity contribution in [1.82, 2.24) is 4.98 Å². The maximum atomic E-state index is 3.67. The zero-order valence-corrected chi connectivity index (χ0v) is 10.8. The van der Waals surface area contributed by atoms with Crippen LogP contribution >= 0.6 is 0 Å². The van der Waals surface area contributed by atoms with Crippen LogP contribution in [0.4, 0.5) is 0 Å². The normalized spacial score (nSPS) is 17.8. The van der Waals surface area contributed by atoms with Gasteiger partial charge >= 0.3 is 0 Å². The van der Waals surface area contributed by atoms with Crippen LogP contribution in [0.5, 0.6) is 0 Å². The van der Waals surface area contributed by atoms with Crippen molar-refractivity contribution < 1.29 is 0 Å². The molecule has 0 atom stereocenters. The van der Waals surface area contributed by atoms with Gasteiger partial charge in [-0.15, -0.1) is 0 Å². The van der Waals surface area contributed by atoms with E-state index >= 15 is 0 Å². The topological polar surface area (TPSA) is 15.8 Å². The molecule has 3 rings (SSSR count). The highest BCUT2D eigenvalue weighted by Crippen LogP contribution is 2.34. The minimum absolute atomic E-state index is 0.773. The lowest BCUT2D eigenvalue weighted by atomic mass is 9.87. The lowest BCUT2D eigenvalue weighted by molar-refractivity contribution is 0.438. The van der Waals surface area contributed by atoms with Crippen molar-refractivity contribution in [2.45, 2.75) is 51.9 Å². The number of fused-ring (bicyclic) bond motifs is 1. The van der Waals surface area contributed by atoms with Crippen LogP contribution in [0, 0.1) is 13.8 Å². The lowest BCUT2D eigenvalue weighted by Crippen LogP contribution is -2.04. The molecule has 2 aromatic rings. The van der Waals surface area contributed by atoms with Gasteiger partial charge in [-0.1, -0.05) is 31.4 Å². The second kappa shape index (κ2) is 4.21. The second-order valence-electron chi connectivity index (χ2n) is 5.55. The minimum atomic E-state index is 0.773. The van der Waals surface area contributed by atoms with E-state index in [1.165, 1.54) is 59.8 Å². The predicted molar refractivity (Wildman–Crippen MR) is 73.6 cm³/mol. The third-order valence-corrected chi connectivity index (χ3v) is 4.29. The van der Waals surface area contributed by atoms with E-state index in [2.05, 4.69) is 37.0 Å². The Labute approximate surface area is 103 Å². The van der Waals surface area contributed by atoms with E-state index in [-0.39, 0.29) is 0 Å². The molecule has 0 amide bonds. The SMILES string of the molecule is Cc1ccc(C)c2[nH]c(C3CCCCC3)cc12. The molecule has 1 heteroatoms. The van der Waals surface area contributed by atoms with Crippen molar-refractivity contribution in [1.29, 1.82) is 0 Å². The monoisotopic (exact) mass is 227 g/mol. The second-order valence-corrected chi connectivity index (χ2v) is 5.55. The third kappa shape index (κ3) is 1.88. The largest absolute Gasteiger partial charge is 0.358 e. The van der Waals surface area contributed by atoms with E-state index in [4.69, 9.17) is 0 Å². The molecule has 90 valence electrons. The van der Waals surface area contributed by atoms with Crippen molar-refractivity contribution in [2.24, 2.45) is 0 Å². The summed E-state index contributed by atoms with van der Waals surface area (Å²) in [5.74, 6) is 0.773. The van der Waals surface area contributed by atoms with Crippen LogP contribution in [0.2, 0.25) is 0 Å². The average molecular weight is 227 g/mol. The molecule has 1 aliphatic rings. The fourth-order valence-corrected chi connectivity index (χ4v) is 3.15. The van der Waals surface area contributed by atoms with Crippen LogP contribution in [-0.4, -0.2) is 4.98 Å². The summed E-state index contributed by atoms with van der Waals surface area (Å²) in [7, 11) is 0. The third-order valence-electron chi connectivity index (χ3n) is 4.29. The molecular formula is C16H21N. The van der Waals surface area contributed by atoms with Gasteiger partial charge in [0.25, 0.3) is 0 Å². The van der Waals surface area contributed by atoms with E-state index in [1.54, 1.807) is 0 Å². The summed E-state index contributed by atoms with van der Waals surface area (Å²) in [6, 6.07) is 6.85. The van der Waals surface area contributed by atoms with Gasteiger partial charge in [0.1, 0.15) is 0 Å². The van der Waals surface area contributed by atoms with E-state index in [9.17, 15) is 0 Å². The van der Waals surface area contributed by atoms with Crippen LogP contribution in [-0.2, 0) is 0 Å². The molecule has 0 radical (unpaired) electrons. The van der Waals surface area contributed by atoms with Crippen molar-refractivity contribution in [3.63, 3.8) is 0 Å². The van der Waals surface area contributed by atoms with Gasteiger partial charge in [0.2, 0.25) is 0 Å². The molecule has 0 saturated heterocycles. The summed E-state index contributed by atoms with van der Waals surface area (Å²) >= 11 is 0. The first-order chi connectivity index (χ1) is 8.25. The number of hydrogen-bond donors (Lipinski definition) is 1. The number of aromatic nitrogens is 1. The highest BCUT2D eigenvalue weighted by molar-refractivity contribution is 5.86. The van der Waals surface area contributed by atoms with Gasteiger partial charge in [0, 0.05) is 16.6 Å². The molecule has 1 heterocycles. The van der Waals surface area contributed by atoms with E-state index in [0.29, 0.717) is 0 Å². The van der Waals surface area contributed by atoms with Crippen molar-refractivity contribution in [3.8, 4) is 0 Å². The number of benzene rings is 1. The van der Waals surface area contributed by atoms with Gasteiger partial charge in [-0.25, -0.2) is 0 Å². The van der Waals surface area contributed by atoms with Gasteiger partial charge in [-0.05, 0) is 49.8 Å². The molecule has 1 fully saturated rings. The Hall–Kier alpha value is -1.24. The van der Waals surface area contributed by atoms with Gasteiger partial charge in [-0.2, -0.15) is 0 Å². The Kier molecular flexibility index (Phi) is 2.70. The first-order valence-corrected chi connectivity index (χ1v) is 6.84. The molecule has 0 bridgehead atoms. The highest BCUT2D eigenvalue weighted by Gasteiger charge is 2.18. The fraction of sp³-hybridized carbons (Fsp3) is 0.500. The van der Waals surface area contributed by atoms with E-state index < -0.39 is 0 Å². The predicted octanol–water partition coefficient (Wildman–Crippen LogP) is 4.83. The molecule has 0 unspecified atom stereocenters. The standard InChI is InChI=1S/C16H21N/c1-11-8-9-12(2)16-14(11)10-15(17-16)13-6-4-3-5-7-13/h8-10,13,17H,3-7H2,1-2H3. The molecule has 0 aliphatic heterocycles. The maximum Gasteiger partial charge on any atom is 0.0488 e. The molecule has 1 aromatic carbocycles. The fourth-order valence-electron chi connectivity index (χ4n) is 3.15. The van der Waals surface area contributed by atoms with Gasteiger partial charge in [0.15, 0.2) is 0 Å².